The molecule has 1 aliphatic rings. The normalized spacial score (nSPS) is 12.4. The Labute approximate surface area is 113 Å². The number of fused-ring (bicyclic) bond motifs is 2. The van der Waals surface area contributed by atoms with E-state index in [-0.39, 0.29) is 18.2 Å². The van der Waals surface area contributed by atoms with E-state index in [9.17, 15) is 4.39 Å². The van der Waals surface area contributed by atoms with Gasteiger partial charge in [0, 0.05) is 22.8 Å². The van der Waals surface area contributed by atoms with Gasteiger partial charge in [-0.1, -0.05) is 0 Å². The summed E-state index contributed by atoms with van der Waals surface area (Å²) < 4.78 is 13.7. The molecular formula is C12H11ClFN3S. The average Bonchev–Trinajstić information content (AvgIpc) is 2.62. The number of aryl methyl sites for hydroxylation is 1. The molecule has 2 aromatic heterocycles. The number of pyridine rings is 1. The van der Waals surface area contributed by atoms with Gasteiger partial charge in [-0.3, -0.25) is 4.98 Å². The SMILES string of the molecule is Cc1cc2c(s1)NC=c1c(F)ccnc1=C2N.Cl. The van der Waals surface area contributed by atoms with E-state index in [1.54, 1.807) is 17.5 Å². The Balaban J connectivity index is 0.00000120. The Morgan fingerprint density at radius 1 is 1.44 bits per heavy atom. The Morgan fingerprint density at radius 3 is 3.00 bits per heavy atom. The van der Waals surface area contributed by atoms with Crippen molar-refractivity contribution in [3.8, 4) is 0 Å². The fourth-order valence-electron chi connectivity index (χ4n) is 1.89. The van der Waals surface area contributed by atoms with Gasteiger partial charge in [0.15, 0.2) is 0 Å². The highest BCUT2D eigenvalue weighted by molar-refractivity contribution is 7.16. The molecular weight excluding hydrogens is 273 g/mol. The number of halogens is 2. The summed E-state index contributed by atoms with van der Waals surface area (Å²) >= 11 is 1.59. The molecule has 0 spiro atoms. The van der Waals surface area contributed by atoms with Gasteiger partial charge in [0.2, 0.25) is 0 Å². The van der Waals surface area contributed by atoms with Crippen LogP contribution in [0, 0.1) is 12.7 Å². The lowest BCUT2D eigenvalue weighted by Gasteiger charge is -1.99. The van der Waals surface area contributed by atoms with Gasteiger partial charge >= 0.3 is 0 Å². The largest absolute Gasteiger partial charge is 0.396 e. The maximum atomic E-state index is 13.7. The monoisotopic (exact) mass is 283 g/mol. The Hall–Kier alpha value is -1.59. The van der Waals surface area contributed by atoms with Crippen LogP contribution in [0.15, 0.2) is 18.3 Å². The smallest absolute Gasteiger partial charge is 0.135 e. The van der Waals surface area contributed by atoms with Crippen LogP contribution in [0.2, 0.25) is 0 Å². The van der Waals surface area contributed by atoms with E-state index in [0.29, 0.717) is 16.3 Å². The summed E-state index contributed by atoms with van der Waals surface area (Å²) in [7, 11) is 0. The number of nitrogens with one attached hydrogen (secondary N) is 1. The Bertz CT molecular complexity index is 723. The van der Waals surface area contributed by atoms with Gasteiger partial charge in [0.05, 0.1) is 16.3 Å². The second-order valence-electron chi connectivity index (χ2n) is 3.86. The molecule has 0 aromatic carbocycles. The zero-order valence-electron chi connectivity index (χ0n) is 9.53. The van der Waals surface area contributed by atoms with E-state index in [1.807, 2.05) is 13.0 Å². The van der Waals surface area contributed by atoms with Gasteiger partial charge in [-0.25, -0.2) is 4.39 Å². The van der Waals surface area contributed by atoms with Crippen LogP contribution >= 0.6 is 23.7 Å². The van der Waals surface area contributed by atoms with Crippen molar-refractivity contribution in [3.05, 3.63) is 45.2 Å². The number of hydrogen-bond donors (Lipinski definition) is 2. The lowest BCUT2D eigenvalue weighted by atomic mass is 10.2. The third kappa shape index (κ3) is 1.85. The molecule has 0 aliphatic carbocycles. The molecule has 0 amide bonds. The van der Waals surface area contributed by atoms with E-state index in [2.05, 4.69) is 10.3 Å². The van der Waals surface area contributed by atoms with Gasteiger partial charge in [0.1, 0.15) is 10.8 Å². The first-order valence-corrected chi connectivity index (χ1v) is 5.96. The number of nitrogens with zero attached hydrogens (tertiary/aromatic N) is 1. The Kier molecular flexibility index (Phi) is 3.28. The number of rotatable bonds is 0. The van der Waals surface area contributed by atoms with Crippen molar-refractivity contribution in [1.29, 1.82) is 0 Å². The number of thiophene rings is 1. The first kappa shape index (κ1) is 12.9. The van der Waals surface area contributed by atoms with Crippen molar-refractivity contribution in [2.24, 2.45) is 5.73 Å². The molecule has 0 saturated heterocycles. The highest BCUT2D eigenvalue weighted by Crippen LogP contribution is 2.30. The van der Waals surface area contributed by atoms with Crippen molar-refractivity contribution < 1.29 is 4.39 Å². The molecule has 0 unspecified atom stereocenters. The molecule has 1 aliphatic heterocycles. The molecule has 6 heteroatoms. The third-order valence-corrected chi connectivity index (χ3v) is 3.67. The summed E-state index contributed by atoms with van der Waals surface area (Å²) in [6.45, 7) is 2.01. The number of hydrogen-bond acceptors (Lipinski definition) is 4. The molecule has 94 valence electrons. The van der Waals surface area contributed by atoms with Crippen LogP contribution in [0.4, 0.5) is 9.39 Å². The summed E-state index contributed by atoms with van der Waals surface area (Å²) in [5, 5.41) is 4.92. The molecule has 0 saturated carbocycles. The molecule has 3 heterocycles. The van der Waals surface area contributed by atoms with E-state index >= 15 is 0 Å². The highest BCUT2D eigenvalue weighted by atomic mass is 35.5. The number of aromatic nitrogens is 1. The van der Waals surface area contributed by atoms with Crippen molar-refractivity contribution in [3.63, 3.8) is 0 Å². The molecule has 3 N–H and O–H groups in total. The van der Waals surface area contributed by atoms with Crippen LogP contribution in [0.3, 0.4) is 0 Å². The molecule has 0 radical (unpaired) electrons. The summed E-state index contributed by atoms with van der Waals surface area (Å²) in [4.78, 5) is 5.31. The minimum absolute atomic E-state index is 0. The average molecular weight is 284 g/mol. The predicted octanol–water partition coefficient (Wildman–Crippen LogP) is 1.29. The molecule has 3 nitrogen and oxygen atoms in total. The minimum atomic E-state index is -0.322. The van der Waals surface area contributed by atoms with Crippen molar-refractivity contribution in [2.75, 3.05) is 5.32 Å². The van der Waals surface area contributed by atoms with E-state index in [0.717, 1.165) is 15.4 Å². The predicted molar refractivity (Wildman–Crippen MR) is 74.5 cm³/mol. The summed E-state index contributed by atoms with van der Waals surface area (Å²) in [5.41, 5.74) is 7.48. The molecule has 0 fully saturated rings. The van der Waals surface area contributed by atoms with Gasteiger partial charge in [0.25, 0.3) is 0 Å². The molecule has 0 atom stereocenters. The molecule has 18 heavy (non-hydrogen) atoms. The first-order valence-electron chi connectivity index (χ1n) is 5.14. The van der Waals surface area contributed by atoms with Gasteiger partial charge < -0.3 is 11.1 Å². The third-order valence-electron chi connectivity index (χ3n) is 2.69. The van der Waals surface area contributed by atoms with Crippen molar-refractivity contribution >= 4 is 40.6 Å². The molecule has 3 rings (SSSR count). The van der Waals surface area contributed by atoms with Crippen LogP contribution in [0.25, 0.3) is 11.9 Å². The highest BCUT2D eigenvalue weighted by Gasteiger charge is 2.13. The number of anilines is 1. The van der Waals surface area contributed by atoms with E-state index in [1.165, 1.54) is 12.3 Å². The second-order valence-corrected chi connectivity index (χ2v) is 5.11. The summed E-state index contributed by atoms with van der Waals surface area (Å²) in [6.07, 6.45) is 3.05. The maximum Gasteiger partial charge on any atom is 0.135 e. The minimum Gasteiger partial charge on any atom is -0.396 e. The zero-order valence-corrected chi connectivity index (χ0v) is 11.2. The Morgan fingerprint density at radius 2 is 2.22 bits per heavy atom. The van der Waals surface area contributed by atoms with E-state index < -0.39 is 0 Å². The van der Waals surface area contributed by atoms with Gasteiger partial charge in [-0.2, -0.15) is 0 Å². The van der Waals surface area contributed by atoms with Crippen LogP contribution in [0.1, 0.15) is 10.4 Å². The number of nitrogens with two attached hydrogens (primary N) is 1. The second kappa shape index (κ2) is 4.59. The van der Waals surface area contributed by atoms with E-state index in [4.69, 9.17) is 5.73 Å². The zero-order chi connectivity index (χ0) is 12.0. The topological polar surface area (TPSA) is 50.9 Å². The van der Waals surface area contributed by atoms with Crippen molar-refractivity contribution in [2.45, 2.75) is 6.92 Å². The van der Waals surface area contributed by atoms with Crippen molar-refractivity contribution in [1.82, 2.24) is 4.98 Å². The lowest BCUT2D eigenvalue weighted by molar-refractivity contribution is 0.613. The molecule has 2 aromatic rings. The lowest BCUT2D eigenvalue weighted by Crippen LogP contribution is -2.35. The van der Waals surface area contributed by atoms with Crippen LogP contribution in [-0.4, -0.2) is 4.98 Å². The molecule has 0 bridgehead atoms. The van der Waals surface area contributed by atoms with Gasteiger partial charge in [-0.15, -0.1) is 23.7 Å². The fraction of sp³-hybridized carbons (Fsp3) is 0.0833. The van der Waals surface area contributed by atoms with Crippen LogP contribution in [-0.2, 0) is 0 Å². The maximum absolute atomic E-state index is 13.7. The van der Waals surface area contributed by atoms with Crippen LogP contribution in [0.5, 0.6) is 0 Å². The van der Waals surface area contributed by atoms with Crippen LogP contribution < -0.4 is 21.6 Å². The first-order chi connectivity index (χ1) is 8.16. The fourth-order valence-corrected chi connectivity index (χ4v) is 2.78. The summed E-state index contributed by atoms with van der Waals surface area (Å²) in [6, 6.07) is 3.31. The van der Waals surface area contributed by atoms with Gasteiger partial charge in [-0.05, 0) is 19.1 Å². The summed E-state index contributed by atoms with van der Waals surface area (Å²) in [5.74, 6) is -0.322. The standard InChI is InChI=1S/C12H10FN3S.ClH/c1-6-4-7-10(14)11-8(5-16-12(7)17-6)9(13)2-3-15-11;/h2-5,16H,14H2,1H3;1H. The quantitative estimate of drug-likeness (QED) is 0.766.